The highest BCUT2D eigenvalue weighted by Gasteiger charge is 2.45. The van der Waals surface area contributed by atoms with Crippen LogP contribution in [0, 0.1) is 6.92 Å². The Morgan fingerprint density at radius 1 is 1.05 bits per heavy atom. The summed E-state index contributed by atoms with van der Waals surface area (Å²) >= 11 is 0.932. The molecule has 1 aliphatic heterocycles. The van der Waals surface area contributed by atoms with Crippen LogP contribution >= 0.6 is 11.3 Å². The third kappa shape index (κ3) is 4.83. The van der Waals surface area contributed by atoms with Crippen molar-refractivity contribution in [2.24, 2.45) is 0 Å². The molecule has 2 aromatic carbocycles. The van der Waals surface area contributed by atoms with Crippen molar-refractivity contribution in [3.8, 4) is 11.5 Å². The van der Waals surface area contributed by atoms with Crippen molar-refractivity contribution >= 4 is 40.2 Å². The molecule has 9 nitrogen and oxygen atoms in total. The highest BCUT2D eigenvalue weighted by molar-refractivity contribution is 7.17. The van der Waals surface area contributed by atoms with Gasteiger partial charge in [-0.3, -0.25) is 14.5 Å². The standard InChI is InChI=1S/C27H24N2O7S/c1-15-24(26(33)36-4)37-27(28-15)29-22(17-11-13-19(34-2)20(14-17)35-3)21(23(31)25(29)32)18(30)12-10-16-8-6-5-7-9-16/h5-14,22,31H,1-4H3/b12-10+. The molecule has 0 spiro atoms. The largest absolute Gasteiger partial charge is 0.503 e. The Labute approximate surface area is 217 Å². The molecule has 37 heavy (non-hydrogen) atoms. The summed E-state index contributed by atoms with van der Waals surface area (Å²) in [7, 11) is 4.20. The zero-order valence-electron chi connectivity index (χ0n) is 20.6. The summed E-state index contributed by atoms with van der Waals surface area (Å²) in [5.41, 5.74) is 1.47. The van der Waals surface area contributed by atoms with E-state index in [-0.39, 0.29) is 15.6 Å². The number of rotatable bonds is 8. The van der Waals surface area contributed by atoms with Crippen LogP contribution < -0.4 is 14.4 Å². The monoisotopic (exact) mass is 520 g/mol. The molecule has 0 saturated heterocycles. The van der Waals surface area contributed by atoms with Gasteiger partial charge in [-0.2, -0.15) is 0 Å². The summed E-state index contributed by atoms with van der Waals surface area (Å²) < 4.78 is 15.6. The topological polar surface area (TPSA) is 115 Å². The lowest BCUT2D eigenvalue weighted by atomic mass is 9.95. The number of hydrogen-bond acceptors (Lipinski definition) is 9. The number of amides is 1. The summed E-state index contributed by atoms with van der Waals surface area (Å²) in [4.78, 5) is 44.8. The highest BCUT2D eigenvalue weighted by atomic mass is 32.1. The number of benzene rings is 2. The van der Waals surface area contributed by atoms with E-state index in [1.54, 1.807) is 31.2 Å². The molecule has 1 atom stereocenters. The van der Waals surface area contributed by atoms with E-state index in [0.29, 0.717) is 22.8 Å². The van der Waals surface area contributed by atoms with Crippen LogP contribution in [0.4, 0.5) is 5.13 Å². The lowest BCUT2D eigenvalue weighted by Gasteiger charge is -2.25. The normalized spacial score (nSPS) is 15.4. The third-order valence-electron chi connectivity index (χ3n) is 5.79. The number of carbonyl (C=O) groups is 3. The summed E-state index contributed by atoms with van der Waals surface area (Å²) in [6.07, 6.45) is 2.91. The van der Waals surface area contributed by atoms with E-state index in [0.717, 1.165) is 16.9 Å². The van der Waals surface area contributed by atoms with Crippen molar-refractivity contribution in [1.29, 1.82) is 0 Å². The molecule has 1 amide bonds. The van der Waals surface area contributed by atoms with Crippen molar-refractivity contribution in [3.05, 3.63) is 87.6 Å². The molecule has 4 rings (SSSR count). The average Bonchev–Trinajstić information content (AvgIpc) is 3.43. The second kappa shape index (κ2) is 10.7. The van der Waals surface area contributed by atoms with Crippen LogP contribution in [-0.2, 0) is 14.3 Å². The molecule has 10 heteroatoms. The Kier molecular flexibility index (Phi) is 7.40. The number of aromatic nitrogens is 1. The van der Waals surface area contributed by atoms with E-state index >= 15 is 0 Å². The number of ether oxygens (including phenoxy) is 3. The Morgan fingerprint density at radius 2 is 1.76 bits per heavy atom. The van der Waals surface area contributed by atoms with Gasteiger partial charge >= 0.3 is 5.97 Å². The van der Waals surface area contributed by atoms with Crippen molar-refractivity contribution in [2.75, 3.05) is 26.2 Å². The van der Waals surface area contributed by atoms with Gasteiger partial charge < -0.3 is 19.3 Å². The maximum Gasteiger partial charge on any atom is 0.350 e. The van der Waals surface area contributed by atoms with E-state index in [4.69, 9.17) is 14.2 Å². The fourth-order valence-corrected chi connectivity index (χ4v) is 5.00. The minimum absolute atomic E-state index is 0.128. The number of aliphatic hydroxyl groups is 1. The summed E-state index contributed by atoms with van der Waals surface area (Å²) in [5.74, 6) is -1.86. The zero-order valence-corrected chi connectivity index (χ0v) is 21.4. The van der Waals surface area contributed by atoms with Gasteiger partial charge in [0, 0.05) is 0 Å². The summed E-state index contributed by atoms with van der Waals surface area (Å²) in [6, 6.07) is 13.0. The lowest BCUT2D eigenvalue weighted by Crippen LogP contribution is -2.30. The summed E-state index contributed by atoms with van der Waals surface area (Å²) in [6.45, 7) is 1.61. The number of thiazole rings is 1. The molecule has 0 bridgehead atoms. The number of hydrogen-bond donors (Lipinski definition) is 1. The van der Waals surface area contributed by atoms with Gasteiger partial charge in [-0.1, -0.05) is 53.8 Å². The van der Waals surface area contributed by atoms with Gasteiger partial charge in [0.25, 0.3) is 5.91 Å². The number of methoxy groups -OCH3 is 3. The Balaban J connectivity index is 1.85. The predicted octanol–water partition coefficient (Wildman–Crippen LogP) is 4.44. The van der Waals surface area contributed by atoms with Gasteiger partial charge in [0.2, 0.25) is 0 Å². The van der Waals surface area contributed by atoms with Crippen LogP contribution in [0.25, 0.3) is 6.08 Å². The molecule has 3 aromatic rings. The molecule has 1 N–H and O–H groups in total. The van der Waals surface area contributed by atoms with E-state index in [2.05, 4.69) is 4.98 Å². The van der Waals surface area contributed by atoms with Crippen molar-refractivity contribution in [3.63, 3.8) is 0 Å². The molecule has 1 aliphatic rings. The number of esters is 1. The van der Waals surface area contributed by atoms with Crippen LogP contribution in [0.1, 0.15) is 32.5 Å². The molecule has 0 saturated carbocycles. The van der Waals surface area contributed by atoms with Gasteiger partial charge in [0.1, 0.15) is 4.88 Å². The first-order chi connectivity index (χ1) is 17.8. The second-order valence-electron chi connectivity index (χ2n) is 7.97. The lowest BCUT2D eigenvalue weighted by molar-refractivity contribution is -0.117. The van der Waals surface area contributed by atoms with Crippen molar-refractivity contribution in [1.82, 2.24) is 4.98 Å². The average molecular weight is 521 g/mol. The first kappa shape index (κ1) is 25.6. The Bertz CT molecular complexity index is 1430. The van der Waals surface area contributed by atoms with E-state index in [1.807, 2.05) is 30.3 Å². The Hall–Kier alpha value is -4.44. The molecule has 0 aliphatic carbocycles. The smallest absolute Gasteiger partial charge is 0.350 e. The number of ketones is 1. The molecule has 0 fully saturated rings. The number of carbonyl (C=O) groups excluding carboxylic acids is 3. The van der Waals surface area contributed by atoms with E-state index < -0.39 is 29.5 Å². The van der Waals surface area contributed by atoms with Crippen LogP contribution in [0.5, 0.6) is 11.5 Å². The van der Waals surface area contributed by atoms with E-state index in [9.17, 15) is 19.5 Å². The first-order valence-corrected chi connectivity index (χ1v) is 11.9. The summed E-state index contributed by atoms with van der Waals surface area (Å²) in [5, 5.41) is 11.0. The molecule has 190 valence electrons. The number of anilines is 1. The first-order valence-electron chi connectivity index (χ1n) is 11.1. The van der Waals surface area contributed by atoms with Gasteiger partial charge in [-0.15, -0.1) is 0 Å². The van der Waals surface area contributed by atoms with Crippen molar-refractivity contribution in [2.45, 2.75) is 13.0 Å². The SMILES string of the molecule is COC(=O)c1sc(N2C(=O)C(O)=C(C(=O)/C=C/c3ccccc3)C2c2ccc(OC)c(OC)c2)nc1C. The molecular formula is C27H24N2O7S. The highest BCUT2D eigenvalue weighted by Crippen LogP contribution is 2.44. The quantitative estimate of drug-likeness (QED) is 0.343. The number of aryl methyl sites for hydroxylation is 1. The Morgan fingerprint density at radius 3 is 2.41 bits per heavy atom. The molecule has 0 radical (unpaired) electrons. The molecule has 2 heterocycles. The molecular weight excluding hydrogens is 496 g/mol. The van der Waals surface area contributed by atoms with Crippen LogP contribution in [0.15, 0.2) is 65.9 Å². The van der Waals surface area contributed by atoms with Crippen LogP contribution in [-0.4, -0.2) is 49.1 Å². The predicted molar refractivity (Wildman–Crippen MR) is 138 cm³/mol. The number of aliphatic hydroxyl groups excluding tert-OH is 1. The minimum atomic E-state index is -1.05. The van der Waals surface area contributed by atoms with Gasteiger partial charge in [0.15, 0.2) is 28.2 Å². The minimum Gasteiger partial charge on any atom is -0.503 e. The maximum atomic E-state index is 13.4. The maximum absolute atomic E-state index is 13.4. The molecule has 1 unspecified atom stereocenters. The van der Waals surface area contributed by atoms with Crippen LogP contribution in [0.3, 0.4) is 0 Å². The van der Waals surface area contributed by atoms with Crippen LogP contribution in [0.2, 0.25) is 0 Å². The van der Waals surface area contributed by atoms with Crippen molar-refractivity contribution < 1.29 is 33.7 Å². The fourth-order valence-electron chi connectivity index (χ4n) is 3.99. The zero-order chi connectivity index (χ0) is 26.7. The molecule has 1 aromatic heterocycles. The fraction of sp³-hybridized carbons (Fsp3) is 0.185. The van der Waals surface area contributed by atoms with Gasteiger partial charge in [0.05, 0.1) is 38.6 Å². The second-order valence-corrected chi connectivity index (χ2v) is 8.94. The van der Waals surface area contributed by atoms with E-state index in [1.165, 1.54) is 32.3 Å². The number of allylic oxidation sites excluding steroid dienone is 1. The number of nitrogens with zero attached hydrogens (tertiary/aromatic N) is 2. The third-order valence-corrected chi connectivity index (χ3v) is 6.92. The van der Waals surface area contributed by atoms with Gasteiger partial charge in [-0.05, 0) is 36.3 Å². The van der Waals surface area contributed by atoms with Gasteiger partial charge in [-0.25, -0.2) is 9.78 Å².